The van der Waals surface area contributed by atoms with E-state index < -0.39 is 0 Å². The van der Waals surface area contributed by atoms with Gasteiger partial charge in [-0.1, -0.05) is 51.5 Å². The Bertz CT molecular complexity index is 544. The molecule has 0 bridgehead atoms. The molecule has 0 aromatic heterocycles. The van der Waals surface area contributed by atoms with Crippen molar-refractivity contribution >= 4 is 5.69 Å². The number of allylic oxidation sites excluding steroid dienone is 1. The van der Waals surface area contributed by atoms with Crippen LogP contribution in [0.4, 0.5) is 5.69 Å². The standard InChI is InChI=1S/C24H40N2/c1-19(2)11-15-25-16-13-24(14-17-25)26(18-12-20(3)4)23-9-7-22(8-10-23)21(5)6/h7-10,12,19,21,24H,11,13-18H2,1-6H3. The van der Waals surface area contributed by atoms with Crippen molar-refractivity contribution < 1.29 is 0 Å². The minimum absolute atomic E-state index is 0.597. The van der Waals surface area contributed by atoms with Crippen molar-refractivity contribution in [2.24, 2.45) is 5.92 Å². The summed E-state index contributed by atoms with van der Waals surface area (Å²) >= 11 is 0. The van der Waals surface area contributed by atoms with Crippen LogP contribution in [-0.2, 0) is 0 Å². The fourth-order valence-electron chi connectivity index (χ4n) is 3.69. The average Bonchev–Trinajstić information content (AvgIpc) is 2.61. The predicted molar refractivity (Wildman–Crippen MR) is 116 cm³/mol. The Morgan fingerprint density at radius 3 is 2.19 bits per heavy atom. The lowest BCUT2D eigenvalue weighted by Gasteiger charge is -2.40. The molecule has 1 aromatic rings. The summed E-state index contributed by atoms with van der Waals surface area (Å²) in [6, 6.07) is 9.95. The molecule has 146 valence electrons. The van der Waals surface area contributed by atoms with Crippen molar-refractivity contribution in [2.75, 3.05) is 31.1 Å². The molecule has 26 heavy (non-hydrogen) atoms. The molecule has 1 saturated heterocycles. The second-order valence-corrected chi connectivity index (χ2v) is 8.94. The van der Waals surface area contributed by atoms with Crippen molar-refractivity contribution in [3.05, 3.63) is 41.5 Å². The average molecular weight is 357 g/mol. The number of rotatable bonds is 8. The first-order valence-corrected chi connectivity index (χ1v) is 10.6. The van der Waals surface area contributed by atoms with Crippen LogP contribution in [0.5, 0.6) is 0 Å². The Morgan fingerprint density at radius 1 is 1.08 bits per heavy atom. The first kappa shape index (κ1) is 21.0. The molecule has 1 fully saturated rings. The summed E-state index contributed by atoms with van der Waals surface area (Å²) in [6.45, 7) is 18.4. The number of hydrogen-bond donors (Lipinski definition) is 0. The van der Waals surface area contributed by atoms with E-state index in [4.69, 9.17) is 0 Å². The lowest BCUT2D eigenvalue weighted by Crippen LogP contribution is -2.45. The third-order valence-corrected chi connectivity index (χ3v) is 5.61. The first-order chi connectivity index (χ1) is 12.4. The predicted octanol–water partition coefficient (Wildman–Crippen LogP) is 6.09. The Balaban J connectivity index is 2.04. The van der Waals surface area contributed by atoms with Gasteiger partial charge in [0.25, 0.3) is 0 Å². The number of likely N-dealkylation sites (tertiary alicyclic amines) is 1. The highest BCUT2D eigenvalue weighted by molar-refractivity contribution is 5.50. The fraction of sp³-hybridized carbons (Fsp3) is 0.667. The van der Waals surface area contributed by atoms with Crippen LogP contribution >= 0.6 is 0 Å². The normalized spacial score (nSPS) is 16.3. The van der Waals surface area contributed by atoms with Crippen molar-refractivity contribution in [2.45, 2.75) is 72.8 Å². The van der Waals surface area contributed by atoms with Crippen LogP contribution in [0.15, 0.2) is 35.9 Å². The molecule has 1 heterocycles. The molecule has 1 aliphatic rings. The second-order valence-electron chi connectivity index (χ2n) is 8.94. The highest BCUT2D eigenvalue weighted by Gasteiger charge is 2.24. The van der Waals surface area contributed by atoms with Crippen molar-refractivity contribution in [1.82, 2.24) is 4.90 Å². The Kier molecular flexibility index (Phi) is 8.21. The van der Waals surface area contributed by atoms with Gasteiger partial charge < -0.3 is 9.80 Å². The zero-order valence-electron chi connectivity index (χ0n) is 18.0. The molecule has 2 nitrogen and oxygen atoms in total. The van der Waals surface area contributed by atoms with Crippen molar-refractivity contribution in [3.8, 4) is 0 Å². The molecular formula is C24H40N2. The Morgan fingerprint density at radius 2 is 1.69 bits per heavy atom. The summed E-state index contributed by atoms with van der Waals surface area (Å²) in [7, 11) is 0. The summed E-state index contributed by atoms with van der Waals surface area (Å²) < 4.78 is 0. The minimum atomic E-state index is 0.597. The maximum Gasteiger partial charge on any atom is 0.0371 e. The van der Waals surface area contributed by atoms with E-state index >= 15 is 0 Å². The molecule has 1 aromatic carbocycles. The number of benzene rings is 1. The van der Waals surface area contributed by atoms with Crippen LogP contribution in [0.2, 0.25) is 0 Å². The van der Waals surface area contributed by atoms with E-state index in [1.165, 1.54) is 55.7 Å². The first-order valence-electron chi connectivity index (χ1n) is 10.6. The summed E-state index contributed by atoms with van der Waals surface area (Å²) in [5.74, 6) is 1.40. The van der Waals surface area contributed by atoms with Gasteiger partial charge in [-0.25, -0.2) is 0 Å². The number of nitrogens with zero attached hydrogens (tertiary/aromatic N) is 2. The molecule has 0 spiro atoms. The largest absolute Gasteiger partial charge is 0.365 e. The molecule has 0 saturated carbocycles. The Hall–Kier alpha value is -1.28. The van der Waals surface area contributed by atoms with Crippen LogP contribution in [0.25, 0.3) is 0 Å². The molecule has 2 rings (SSSR count). The summed E-state index contributed by atoms with van der Waals surface area (Å²) in [6.07, 6.45) is 6.26. The number of piperidine rings is 1. The van der Waals surface area contributed by atoms with Crippen LogP contribution in [0.3, 0.4) is 0 Å². The van der Waals surface area contributed by atoms with E-state index in [-0.39, 0.29) is 0 Å². The molecule has 2 heteroatoms. The molecule has 0 aliphatic carbocycles. The molecule has 0 unspecified atom stereocenters. The van der Waals surface area contributed by atoms with Gasteiger partial charge in [0.1, 0.15) is 0 Å². The third-order valence-electron chi connectivity index (χ3n) is 5.61. The fourth-order valence-corrected chi connectivity index (χ4v) is 3.69. The SMILES string of the molecule is CC(C)=CCN(c1ccc(C(C)C)cc1)C1CCN(CCC(C)C)CC1. The van der Waals surface area contributed by atoms with E-state index in [9.17, 15) is 0 Å². The zero-order valence-corrected chi connectivity index (χ0v) is 18.0. The van der Waals surface area contributed by atoms with Gasteiger partial charge in [-0.15, -0.1) is 0 Å². The number of anilines is 1. The van der Waals surface area contributed by atoms with Gasteiger partial charge in [0.2, 0.25) is 0 Å². The topological polar surface area (TPSA) is 6.48 Å². The van der Waals surface area contributed by atoms with Gasteiger partial charge in [-0.2, -0.15) is 0 Å². The van der Waals surface area contributed by atoms with Crippen LogP contribution in [0.1, 0.15) is 72.3 Å². The molecule has 0 atom stereocenters. The lowest BCUT2D eigenvalue weighted by molar-refractivity contribution is 0.200. The maximum atomic E-state index is 2.66. The van der Waals surface area contributed by atoms with E-state index in [1.54, 1.807) is 0 Å². The molecule has 1 aliphatic heterocycles. The lowest BCUT2D eigenvalue weighted by atomic mass is 9.99. The highest BCUT2D eigenvalue weighted by Crippen LogP contribution is 2.26. The van der Waals surface area contributed by atoms with Gasteiger partial charge in [0, 0.05) is 31.4 Å². The van der Waals surface area contributed by atoms with Gasteiger partial charge in [-0.3, -0.25) is 0 Å². The van der Waals surface area contributed by atoms with E-state index in [2.05, 4.69) is 81.7 Å². The van der Waals surface area contributed by atoms with E-state index in [1.807, 2.05) is 0 Å². The molecule has 0 radical (unpaired) electrons. The molecular weight excluding hydrogens is 316 g/mol. The Labute approximate surface area is 162 Å². The highest BCUT2D eigenvalue weighted by atomic mass is 15.2. The summed E-state index contributed by atoms with van der Waals surface area (Å²) in [5.41, 5.74) is 4.22. The smallest absolute Gasteiger partial charge is 0.0371 e. The van der Waals surface area contributed by atoms with Gasteiger partial charge >= 0.3 is 0 Å². The molecule has 0 amide bonds. The summed E-state index contributed by atoms with van der Waals surface area (Å²) in [5, 5.41) is 0. The molecule has 0 N–H and O–H groups in total. The summed E-state index contributed by atoms with van der Waals surface area (Å²) in [4.78, 5) is 5.30. The number of hydrogen-bond acceptors (Lipinski definition) is 2. The van der Waals surface area contributed by atoms with E-state index in [0.29, 0.717) is 12.0 Å². The van der Waals surface area contributed by atoms with Gasteiger partial charge in [0.05, 0.1) is 0 Å². The van der Waals surface area contributed by atoms with Crippen molar-refractivity contribution in [1.29, 1.82) is 0 Å². The zero-order chi connectivity index (χ0) is 19.1. The van der Waals surface area contributed by atoms with Crippen LogP contribution < -0.4 is 4.90 Å². The monoisotopic (exact) mass is 356 g/mol. The van der Waals surface area contributed by atoms with E-state index in [0.717, 1.165) is 12.5 Å². The van der Waals surface area contributed by atoms with Gasteiger partial charge in [0.15, 0.2) is 0 Å². The van der Waals surface area contributed by atoms with Crippen LogP contribution in [-0.4, -0.2) is 37.1 Å². The third kappa shape index (κ3) is 6.46. The van der Waals surface area contributed by atoms with Gasteiger partial charge in [-0.05, 0) is 69.2 Å². The minimum Gasteiger partial charge on any atom is -0.365 e. The maximum absolute atomic E-state index is 2.66. The van der Waals surface area contributed by atoms with Crippen LogP contribution in [0, 0.1) is 5.92 Å². The second kappa shape index (κ2) is 10.2. The van der Waals surface area contributed by atoms with Crippen molar-refractivity contribution in [3.63, 3.8) is 0 Å². The quantitative estimate of drug-likeness (QED) is 0.520.